The van der Waals surface area contributed by atoms with Crippen molar-refractivity contribution in [3.8, 4) is 0 Å². The lowest BCUT2D eigenvalue weighted by atomic mass is 10.4. The Morgan fingerprint density at radius 3 is 2.79 bits per heavy atom. The highest BCUT2D eigenvalue weighted by Crippen LogP contribution is 2.21. The molecule has 1 rings (SSSR count). The zero-order valence-corrected chi connectivity index (χ0v) is 11.3. The van der Waals surface area contributed by atoms with Crippen LogP contribution < -0.4 is 0 Å². The summed E-state index contributed by atoms with van der Waals surface area (Å²) >= 11 is 0.785. The molecule has 0 saturated carbocycles. The van der Waals surface area contributed by atoms with Gasteiger partial charge in [0, 0.05) is 12.6 Å². The quantitative estimate of drug-likeness (QED) is 0.597. The fourth-order valence-electron chi connectivity index (χ4n) is 0.984. The van der Waals surface area contributed by atoms with Crippen LogP contribution in [0.3, 0.4) is 0 Å². The van der Waals surface area contributed by atoms with E-state index in [4.69, 9.17) is 0 Å². The van der Waals surface area contributed by atoms with Gasteiger partial charge in [0.05, 0.1) is 16.8 Å². The van der Waals surface area contributed by atoms with Crippen molar-refractivity contribution in [3.05, 3.63) is 23.0 Å². The van der Waals surface area contributed by atoms with E-state index < -0.39 is 33.9 Å². The van der Waals surface area contributed by atoms with Gasteiger partial charge in [-0.2, -0.15) is 8.78 Å². The molecule has 106 valence electrons. The fraction of sp³-hybridized carbons (Fsp3) is 0.333. The monoisotopic (exact) mass is 314 g/mol. The Morgan fingerprint density at radius 2 is 2.21 bits per heavy atom. The highest BCUT2D eigenvalue weighted by Gasteiger charge is 2.20. The fourth-order valence-corrected chi connectivity index (χ4v) is 3.37. The van der Waals surface area contributed by atoms with Crippen LogP contribution in [0.25, 0.3) is 0 Å². The normalized spacial score (nSPS) is 11.8. The molecule has 5 nitrogen and oxygen atoms in total. The zero-order valence-electron chi connectivity index (χ0n) is 9.64. The van der Waals surface area contributed by atoms with Gasteiger partial charge in [-0.05, 0) is 0 Å². The van der Waals surface area contributed by atoms with Gasteiger partial charge in [-0.3, -0.25) is 0 Å². The lowest BCUT2D eigenvalue weighted by Crippen LogP contribution is -2.06. The van der Waals surface area contributed by atoms with E-state index in [-0.39, 0.29) is 4.34 Å². The Bertz CT molecular complexity index is 592. The minimum Gasteiger partial charge on any atom is -0.399 e. The third-order valence-corrected chi connectivity index (χ3v) is 4.97. The number of sulfone groups is 1. The predicted molar refractivity (Wildman–Crippen MR) is 63.7 cm³/mol. The molecule has 0 fully saturated rings. The van der Waals surface area contributed by atoms with E-state index in [0.717, 1.165) is 11.3 Å². The Balaban J connectivity index is 2.81. The van der Waals surface area contributed by atoms with Crippen molar-refractivity contribution in [2.45, 2.75) is 10.8 Å². The lowest BCUT2D eigenvalue weighted by Gasteiger charge is -1.98. The average Bonchev–Trinajstić information content (AvgIpc) is 2.82. The maximum Gasteiger partial charge on any atom is 0.301 e. The SMILES string of the molecule is CO/N=C/c1cnc(S(=O)(=O)CCC(F)=C(F)F)s1. The second kappa shape index (κ2) is 6.66. The number of aromatic nitrogens is 1. The summed E-state index contributed by atoms with van der Waals surface area (Å²) in [4.78, 5) is 8.44. The van der Waals surface area contributed by atoms with Crippen molar-refractivity contribution in [2.24, 2.45) is 5.16 Å². The van der Waals surface area contributed by atoms with Crippen LogP contribution >= 0.6 is 11.3 Å². The van der Waals surface area contributed by atoms with Crippen molar-refractivity contribution >= 4 is 27.4 Å². The highest BCUT2D eigenvalue weighted by atomic mass is 32.2. The summed E-state index contributed by atoms with van der Waals surface area (Å²) in [5.41, 5.74) is 0. The summed E-state index contributed by atoms with van der Waals surface area (Å²) < 4.78 is 59.3. The molecule has 0 unspecified atom stereocenters. The molecular weight excluding hydrogens is 305 g/mol. The number of hydrogen-bond acceptors (Lipinski definition) is 6. The predicted octanol–water partition coefficient (Wildman–Crippen LogP) is 2.36. The van der Waals surface area contributed by atoms with E-state index in [9.17, 15) is 21.6 Å². The first kappa shape index (κ1) is 15.6. The molecule has 0 aliphatic heterocycles. The maximum atomic E-state index is 12.6. The molecule has 0 aliphatic rings. The molecule has 0 radical (unpaired) electrons. The van der Waals surface area contributed by atoms with Crippen molar-refractivity contribution < 1.29 is 26.4 Å². The van der Waals surface area contributed by atoms with Gasteiger partial charge >= 0.3 is 6.08 Å². The Morgan fingerprint density at radius 1 is 1.53 bits per heavy atom. The molecule has 0 aliphatic carbocycles. The van der Waals surface area contributed by atoms with E-state index in [1.54, 1.807) is 0 Å². The zero-order chi connectivity index (χ0) is 14.5. The van der Waals surface area contributed by atoms with Crippen molar-refractivity contribution in [1.82, 2.24) is 4.98 Å². The van der Waals surface area contributed by atoms with E-state index in [0.29, 0.717) is 4.88 Å². The van der Waals surface area contributed by atoms with Crippen LogP contribution in [0.15, 0.2) is 27.6 Å². The topological polar surface area (TPSA) is 68.6 Å². The summed E-state index contributed by atoms with van der Waals surface area (Å²) in [7, 11) is -2.58. The number of oxime groups is 1. The Kier molecular flexibility index (Phi) is 5.48. The van der Waals surface area contributed by atoms with Crippen LogP contribution in [-0.2, 0) is 14.7 Å². The highest BCUT2D eigenvalue weighted by molar-refractivity contribution is 7.93. The number of thiazole rings is 1. The van der Waals surface area contributed by atoms with Crippen LogP contribution in [-0.4, -0.2) is 32.5 Å². The molecule has 0 N–H and O–H groups in total. The second-order valence-electron chi connectivity index (χ2n) is 3.18. The van der Waals surface area contributed by atoms with Gasteiger partial charge < -0.3 is 4.84 Å². The minimum atomic E-state index is -3.90. The molecule has 1 aromatic heterocycles. The van der Waals surface area contributed by atoms with E-state index in [1.807, 2.05) is 0 Å². The third kappa shape index (κ3) is 4.63. The molecule has 0 atom stereocenters. The summed E-state index contributed by atoms with van der Waals surface area (Å²) in [6.07, 6.45) is -0.908. The van der Waals surface area contributed by atoms with Gasteiger partial charge in [0.25, 0.3) is 0 Å². The van der Waals surface area contributed by atoms with Gasteiger partial charge in [0.2, 0.25) is 14.2 Å². The molecule has 0 bridgehead atoms. The molecular formula is C9H9F3N2O3S2. The third-order valence-electron chi connectivity index (χ3n) is 1.85. The standard InChI is InChI=1S/C9H9F3N2O3S2/c1-17-14-5-6-4-13-9(18-6)19(15,16)3-2-7(10)8(11)12/h4-5H,2-3H2,1H3/b14-5+. The van der Waals surface area contributed by atoms with E-state index in [1.165, 1.54) is 19.5 Å². The number of halogens is 3. The lowest BCUT2D eigenvalue weighted by molar-refractivity contribution is 0.215. The number of allylic oxidation sites excluding steroid dienone is 1. The number of hydrogen-bond donors (Lipinski definition) is 0. The molecule has 1 aromatic rings. The first-order chi connectivity index (χ1) is 8.86. The molecule has 10 heteroatoms. The Labute approximate surface area is 111 Å². The van der Waals surface area contributed by atoms with E-state index >= 15 is 0 Å². The largest absolute Gasteiger partial charge is 0.399 e. The number of nitrogens with zero attached hydrogens (tertiary/aromatic N) is 2. The molecule has 19 heavy (non-hydrogen) atoms. The van der Waals surface area contributed by atoms with Crippen molar-refractivity contribution in [2.75, 3.05) is 12.9 Å². The van der Waals surface area contributed by atoms with Gasteiger partial charge in [-0.15, -0.1) is 11.3 Å². The Hall–Kier alpha value is -1.42. The van der Waals surface area contributed by atoms with Crippen LogP contribution in [0, 0.1) is 0 Å². The molecule has 0 aromatic carbocycles. The second-order valence-corrected chi connectivity index (χ2v) is 6.52. The molecule has 0 amide bonds. The van der Waals surface area contributed by atoms with Crippen LogP contribution in [0.4, 0.5) is 13.2 Å². The van der Waals surface area contributed by atoms with Gasteiger partial charge in [-0.1, -0.05) is 5.16 Å². The van der Waals surface area contributed by atoms with Gasteiger partial charge in [0.1, 0.15) is 7.11 Å². The first-order valence-corrected chi connectivity index (χ1v) is 7.28. The minimum absolute atomic E-state index is 0.280. The number of rotatable bonds is 6. The van der Waals surface area contributed by atoms with Crippen LogP contribution in [0.5, 0.6) is 0 Å². The van der Waals surface area contributed by atoms with Gasteiger partial charge in [0.15, 0.2) is 5.83 Å². The summed E-state index contributed by atoms with van der Waals surface area (Å²) in [6, 6.07) is 0. The summed E-state index contributed by atoms with van der Waals surface area (Å²) in [6.45, 7) is 0. The molecule has 0 spiro atoms. The van der Waals surface area contributed by atoms with Crippen LogP contribution in [0.1, 0.15) is 11.3 Å². The van der Waals surface area contributed by atoms with E-state index in [2.05, 4.69) is 15.0 Å². The van der Waals surface area contributed by atoms with Crippen molar-refractivity contribution in [3.63, 3.8) is 0 Å². The molecule has 0 saturated heterocycles. The smallest absolute Gasteiger partial charge is 0.301 e. The first-order valence-electron chi connectivity index (χ1n) is 4.81. The van der Waals surface area contributed by atoms with Crippen LogP contribution in [0.2, 0.25) is 0 Å². The average molecular weight is 314 g/mol. The summed E-state index contributed by atoms with van der Waals surface area (Å²) in [5, 5.41) is 3.42. The molecule has 1 heterocycles. The van der Waals surface area contributed by atoms with Gasteiger partial charge in [-0.25, -0.2) is 17.8 Å². The van der Waals surface area contributed by atoms with Crippen molar-refractivity contribution in [1.29, 1.82) is 0 Å². The maximum absolute atomic E-state index is 12.6. The summed E-state index contributed by atoms with van der Waals surface area (Å²) in [5.74, 6) is -2.51.